The smallest absolute Gasteiger partial charge is 0.256 e. The molecule has 1 fully saturated rings. The average Bonchev–Trinajstić information content (AvgIpc) is 2.88. The van der Waals surface area contributed by atoms with E-state index in [1.165, 1.54) is 0 Å². The number of likely N-dealkylation sites (tertiary alicyclic amines) is 1. The maximum atomic E-state index is 12.7. The number of rotatable bonds is 4. The number of aromatic nitrogens is 1. The van der Waals surface area contributed by atoms with Crippen LogP contribution in [0.1, 0.15) is 38.1 Å². The molecule has 0 bridgehead atoms. The van der Waals surface area contributed by atoms with Gasteiger partial charge in [-0.3, -0.25) is 9.59 Å². The summed E-state index contributed by atoms with van der Waals surface area (Å²) in [5.74, 6) is 0.0732. The fourth-order valence-corrected chi connectivity index (χ4v) is 3.54. The molecule has 2 heterocycles. The summed E-state index contributed by atoms with van der Waals surface area (Å²) in [5.41, 5.74) is 1.64. The molecule has 0 unspecified atom stereocenters. The molecule has 3 rings (SSSR count). The molecular formula is C19H25N3O2. The monoisotopic (exact) mass is 327 g/mol. The number of aromatic amines is 1. The van der Waals surface area contributed by atoms with Crippen molar-refractivity contribution < 1.29 is 9.59 Å². The van der Waals surface area contributed by atoms with E-state index in [1.807, 2.05) is 56.9 Å². The number of nitrogens with zero attached hydrogens (tertiary/aromatic N) is 2. The minimum Gasteiger partial charge on any atom is -0.360 e. The highest BCUT2D eigenvalue weighted by Crippen LogP contribution is 2.26. The molecule has 1 aromatic carbocycles. The predicted molar refractivity (Wildman–Crippen MR) is 94.8 cm³/mol. The number of fused-ring (bicyclic) bond motifs is 1. The van der Waals surface area contributed by atoms with Crippen molar-refractivity contribution in [2.45, 2.75) is 39.8 Å². The lowest BCUT2D eigenvalue weighted by atomic mass is 9.95. The lowest BCUT2D eigenvalue weighted by Crippen LogP contribution is -2.58. The number of carbonyl (C=O) groups is 2. The van der Waals surface area contributed by atoms with Crippen molar-refractivity contribution in [3.8, 4) is 0 Å². The summed E-state index contributed by atoms with van der Waals surface area (Å²) in [4.78, 5) is 32.2. The van der Waals surface area contributed by atoms with Gasteiger partial charge in [-0.1, -0.05) is 18.2 Å². The minimum absolute atomic E-state index is 0.00264. The molecule has 0 radical (unpaired) electrons. The van der Waals surface area contributed by atoms with Crippen LogP contribution in [0, 0.1) is 5.92 Å². The highest BCUT2D eigenvalue weighted by atomic mass is 16.2. The highest BCUT2D eigenvalue weighted by Gasteiger charge is 2.39. The van der Waals surface area contributed by atoms with Crippen LogP contribution in [0.25, 0.3) is 10.9 Å². The van der Waals surface area contributed by atoms with Crippen molar-refractivity contribution in [2.24, 2.45) is 5.92 Å². The first-order chi connectivity index (χ1) is 11.4. The Labute approximate surface area is 142 Å². The van der Waals surface area contributed by atoms with E-state index in [1.54, 1.807) is 11.1 Å². The van der Waals surface area contributed by atoms with Crippen molar-refractivity contribution in [1.29, 1.82) is 0 Å². The van der Waals surface area contributed by atoms with Gasteiger partial charge in [0.05, 0.1) is 11.5 Å². The molecule has 1 aliphatic heterocycles. The molecule has 24 heavy (non-hydrogen) atoms. The SMILES string of the molecule is CC(C)N(C(=O)C1CN(C(=O)c2c[nH]c3ccccc23)C1)C(C)C. The lowest BCUT2D eigenvalue weighted by Gasteiger charge is -2.42. The Bertz CT molecular complexity index is 749. The Morgan fingerprint density at radius 3 is 2.38 bits per heavy atom. The molecule has 0 atom stereocenters. The Balaban J connectivity index is 1.68. The van der Waals surface area contributed by atoms with Gasteiger partial charge in [0.2, 0.25) is 5.91 Å². The second kappa shape index (κ2) is 6.30. The number of H-pyrrole nitrogens is 1. The number of carbonyl (C=O) groups excluding carboxylic acids is 2. The van der Waals surface area contributed by atoms with E-state index >= 15 is 0 Å². The van der Waals surface area contributed by atoms with Crippen molar-refractivity contribution >= 4 is 22.7 Å². The second-order valence-electron chi connectivity index (χ2n) is 7.09. The number of benzene rings is 1. The fraction of sp³-hybridized carbons (Fsp3) is 0.474. The van der Waals surface area contributed by atoms with Gasteiger partial charge in [-0.25, -0.2) is 0 Å². The van der Waals surface area contributed by atoms with Gasteiger partial charge in [-0.05, 0) is 33.8 Å². The van der Waals surface area contributed by atoms with Gasteiger partial charge in [0, 0.05) is 42.3 Å². The van der Waals surface area contributed by atoms with Crippen molar-refractivity contribution in [2.75, 3.05) is 13.1 Å². The molecule has 1 N–H and O–H groups in total. The Hall–Kier alpha value is -2.30. The van der Waals surface area contributed by atoms with E-state index < -0.39 is 0 Å². The van der Waals surface area contributed by atoms with Crippen LogP contribution in [-0.4, -0.2) is 51.8 Å². The van der Waals surface area contributed by atoms with Crippen molar-refractivity contribution in [1.82, 2.24) is 14.8 Å². The molecule has 1 aromatic heterocycles. The van der Waals surface area contributed by atoms with E-state index in [0.29, 0.717) is 18.7 Å². The van der Waals surface area contributed by atoms with Crippen molar-refractivity contribution in [3.05, 3.63) is 36.0 Å². The van der Waals surface area contributed by atoms with E-state index in [0.717, 1.165) is 10.9 Å². The zero-order chi connectivity index (χ0) is 17.4. The number of hydrogen-bond acceptors (Lipinski definition) is 2. The fourth-order valence-electron chi connectivity index (χ4n) is 3.54. The summed E-state index contributed by atoms with van der Waals surface area (Å²) in [7, 11) is 0. The first-order valence-corrected chi connectivity index (χ1v) is 8.57. The third-order valence-corrected chi connectivity index (χ3v) is 4.70. The number of para-hydroxylation sites is 1. The summed E-state index contributed by atoms with van der Waals surface area (Å²) in [5, 5.41) is 0.934. The van der Waals surface area contributed by atoms with E-state index in [9.17, 15) is 9.59 Å². The average molecular weight is 327 g/mol. The minimum atomic E-state index is -0.0797. The molecule has 2 amide bonds. The maximum absolute atomic E-state index is 12.7. The number of amides is 2. The van der Waals surface area contributed by atoms with Gasteiger partial charge in [-0.2, -0.15) is 0 Å². The third kappa shape index (κ3) is 2.79. The standard InChI is InChI=1S/C19H25N3O2/c1-12(2)22(13(3)4)18(23)14-10-21(11-14)19(24)16-9-20-17-8-6-5-7-15(16)17/h5-9,12-14,20H,10-11H2,1-4H3. The van der Waals surface area contributed by atoms with Crippen LogP contribution < -0.4 is 0 Å². The molecule has 5 heteroatoms. The molecule has 5 nitrogen and oxygen atoms in total. The Kier molecular flexibility index (Phi) is 4.35. The topological polar surface area (TPSA) is 56.4 Å². The summed E-state index contributed by atoms with van der Waals surface area (Å²) < 4.78 is 0. The van der Waals surface area contributed by atoms with Gasteiger partial charge >= 0.3 is 0 Å². The summed E-state index contributed by atoms with van der Waals surface area (Å²) >= 11 is 0. The van der Waals surface area contributed by atoms with Crippen LogP contribution >= 0.6 is 0 Å². The third-order valence-electron chi connectivity index (χ3n) is 4.70. The van der Waals surface area contributed by atoms with Crippen LogP contribution in [0.3, 0.4) is 0 Å². The van der Waals surface area contributed by atoms with Crippen LogP contribution in [0.5, 0.6) is 0 Å². The van der Waals surface area contributed by atoms with Gasteiger partial charge < -0.3 is 14.8 Å². The Morgan fingerprint density at radius 1 is 1.12 bits per heavy atom. The first-order valence-electron chi connectivity index (χ1n) is 8.57. The molecule has 0 aliphatic carbocycles. The largest absolute Gasteiger partial charge is 0.360 e. The Morgan fingerprint density at radius 2 is 1.75 bits per heavy atom. The molecule has 2 aromatic rings. The molecule has 1 aliphatic rings. The first kappa shape index (κ1) is 16.6. The molecule has 0 spiro atoms. The van der Waals surface area contributed by atoms with Crippen molar-refractivity contribution in [3.63, 3.8) is 0 Å². The summed E-state index contributed by atoms with van der Waals surface area (Å²) in [6.45, 7) is 9.15. The summed E-state index contributed by atoms with van der Waals surface area (Å²) in [6.07, 6.45) is 1.76. The van der Waals surface area contributed by atoms with Crippen LogP contribution in [0.2, 0.25) is 0 Å². The van der Waals surface area contributed by atoms with Crippen LogP contribution in [0.15, 0.2) is 30.5 Å². The molecule has 128 valence electrons. The maximum Gasteiger partial charge on any atom is 0.256 e. The molecular weight excluding hydrogens is 302 g/mol. The van der Waals surface area contributed by atoms with E-state index in [2.05, 4.69) is 4.98 Å². The van der Waals surface area contributed by atoms with Gasteiger partial charge in [-0.15, -0.1) is 0 Å². The highest BCUT2D eigenvalue weighted by molar-refractivity contribution is 6.07. The second-order valence-corrected chi connectivity index (χ2v) is 7.09. The molecule has 1 saturated heterocycles. The molecule has 0 saturated carbocycles. The quantitative estimate of drug-likeness (QED) is 0.939. The van der Waals surface area contributed by atoms with E-state index in [-0.39, 0.29) is 29.8 Å². The number of hydrogen-bond donors (Lipinski definition) is 1. The number of nitrogens with one attached hydrogen (secondary N) is 1. The zero-order valence-corrected chi connectivity index (χ0v) is 14.7. The van der Waals surface area contributed by atoms with Gasteiger partial charge in [0.15, 0.2) is 0 Å². The van der Waals surface area contributed by atoms with E-state index in [4.69, 9.17) is 0 Å². The lowest BCUT2D eigenvalue weighted by molar-refractivity contribution is -0.143. The normalized spacial score (nSPS) is 15.2. The zero-order valence-electron chi connectivity index (χ0n) is 14.7. The van der Waals surface area contributed by atoms with Crippen LogP contribution in [0.4, 0.5) is 0 Å². The predicted octanol–water partition coefficient (Wildman–Crippen LogP) is 2.89. The van der Waals surface area contributed by atoms with Crippen LogP contribution in [-0.2, 0) is 4.79 Å². The van der Waals surface area contributed by atoms with Gasteiger partial charge in [0.25, 0.3) is 5.91 Å². The van der Waals surface area contributed by atoms with Gasteiger partial charge in [0.1, 0.15) is 0 Å². The summed E-state index contributed by atoms with van der Waals surface area (Å²) in [6, 6.07) is 8.13.